The molecule has 13 heteroatoms. The molecule has 0 aliphatic rings. The van der Waals surface area contributed by atoms with Gasteiger partial charge in [0.15, 0.2) is 6.61 Å². The fourth-order valence-electron chi connectivity index (χ4n) is 2.06. The van der Waals surface area contributed by atoms with Crippen molar-refractivity contribution in [3.05, 3.63) is 29.8 Å². The highest BCUT2D eigenvalue weighted by atomic mass is 32.2. The van der Waals surface area contributed by atoms with Crippen molar-refractivity contribution in [1.82, 2.24) is 21.3 Å². The van der Waals surface area contributed by atoms with E-state index < -0.39 is 36.5 Å². The van der Waals surface area contributed by atoms with Crippen LogP contribution in [0.15, 0.2) is 29.2 Å². The van der Waals surface area contributed by atoms with Crippen molar-refractivity contribution in [2.24, 2.45) is 0 Å². The van der Waals surface area contributed by atoms with Crippen LogP contribution in [0.3, 0.4) is 0 Å². The van der Waals surface area contributed by atoms with Crippen LogP contribution in [0.4, 0.5) is 9.59 Å². The summed E-state index contributed by atoms with van der Waals surface area (Å²) in [5.41, 5.74) is 0.132. The minimum Gasteiger partial charge on any atom is -0.452 e. The van der Waals surface area contributed by atoms with Gasteiger partial charge in [0.25, 0.3) is 5.91 Å². The first-order chi connectivity index (χ1) is 15.4. The molecule has 0 unspecified atom stereocenters. The molecule has 0 spiro atoms. The molecule has 0 aromatic heterocycles. The number of hydrogen-bond acceptors (Lipinski definition) is 9. The molecular formula is C19H26N4O8S. The Balaban J connectivity index is 2.49. The maximum absolute atomic E-state index is 12.3. The highest BCUT2D eigenvalue weighted by Gasteiger charge is 2.17. The molecule has 0 fully saturated rings. The van der Waals surface area contributed by atoms with Crippen molar-refractivity contribution < 1.29 is 38.2 Å². The highest BCUT2D eigenvalue weighted by Crippen LogP contribution is 2.23. The van der Waals surface area contributed by atoms with Crippen molar-refractivity contribution >= 4 is 41.6 Å². The molecule has 4 N–H and O–H groups in total. The fourth-order valence-corrected chi connectivity index (χ4v) is 2.90. The molecule has 0 radical (unpaired) electrons. The largest absolute Gasteiger partial charge is 0.452 e. The van der Waals surface area contributed by atoms with Gasteiger partial charge in [0.2, 0.25) is 5.91 Å². The monoisotopic (exact) mass is 470 g/mol. The number of hydrogen-bond donors (Lipinski definition) is 4. The number of nitrogens with one attached hydrogen (secondary N) is 4. The SMILES string of the molecule is COCCNC(=O)NC(=O)COC(=O)c1ccccc1SCC(=O)NC(=O)NCCOC. The number of rotatable bonds is 12. The Morgan fingerprint density at radius 3 is 2.00 bits per heavy atom. The van der Waals surface area contributed by atoms with Crippen LogP contribution in [0, 0.1) is 0 Å². The van der Waals surface area contributed by atoms with Gasteiger partial charge in [-0.2, -0.15) is 0 Å². The third kappa shape index (κ3) is 11.3. The molecule has 1 aromatic rings. The van der Waals surface area contributed by atoms with Crippen LogP contribution >= 0.6 is 11.8 Å². The summed E-state index contributed by atoms with van der Waals surface area (Å²) in [6.07, 6.45) is 0. The van der Waals surface area contributed by atoms with Crippen LogP contribution in [0.1, 0.15) is 10.4 Å². The van der Waals surface area contributed by atoms with Crippen molar-refractivity contribution in [2.75, 3.05) is 52.9 Å². The van der Waals surface area contributed by atoms with E-state index in [0.29, 0.717) is 11.5 Å². The number of imide groups is 2. The van der Waals surface area contributed by atoms with Gasteiger partial charge in [-0.25, -0.2) is 14.4 Å². The van der Waals surface area contributed by atoms with Gasteiger partial charge in [-0.15, -0.1) is 11.8 Å². The van der Waals surface area contributed by atoms with Gasteiger partial charge >= 0.3 is 18.0 Å². The smallest absolute Gasteiger partial charge is 0.339 e. The zero-order valence-corrected chi connectivity index (χ0v) is 18.5. The second kappa shape index (κ2) is 15.6. The van der Waals surface area contributed by atoms with Gasteiger partial charge in [-0.3, -0.25) is 20.2 Å². The van der Waals surface area contributed by atoms with E-state index in [2.05, 4.69) is 16.0 Å². The summed E-state index contributed by atoms with van der Waals surface area (Å²) in [5.74, 6) is -2.31. The summed E-state index contributed by atoms with van der Waals surface area (Å²) in [5, 5.41) is 9.00. The van der Waals surface area contributed by atoms with Crippen LogP contribution in [0.2, 0.25) is 0 Å². The molecule has 0 saturated carbocycles. The summed E-state index contributed by atoms with van der Waals surface area (Å²) < 4.78 is 14.5. The highest BCUT2D eigenvalue weighted by molar-refractivity contribution is 8.00. The second-order valence-corrected chi connectivity index (χ2v) is 6.97. The number of benzene rings is 1. The molecule has 6 amide bonds. The summed E-state index contributed by atoms with van der Waals surface area (Å²) in [6.45, 7) is 0.379. The molecule has 1 aromatic carbocycles. The van der Waals surface area contributed by atoms with E-state index >= 15 is 0 Å². The Morgan fingerprint density at radius 2 is 1.41 bits per heavy atom. The number of amides is 6. The van der Waals surface area contributed by atoms with Crippen molar-refractivity contribution in [3.8, 4) is 0 Å². The minimum atomic E-state index is -0.808. The number of thioether (sulfide) groups is 1. The van der Waals surface area contributed by atoms with Crippen LogP contribution in [0.25, 0.3) is 0 Å². The molecule has 176 valence electrons. The molecular weight excluding hydrogens is 444 g/mol. The quantitative estimate of drug-likeness (QED) is 0.185. The summed E-state index contributed by atoms with van der Waals surface area (Å²) in [7, 11) is 2.95. The van der Waals surface area contributed by atoms with E-state index in [9.17, 15) is 24.0 Å². The topological polar surface area (TPSA) is 161 Å². The Bertz CT molecular complexity index is 805. The first kappa shape index (κ1) is 26.9. The van der Waals surface area contributed by atoms with Crippen molar-refractivity contribution in [3.63, 3.8) is 0 Å². The minimum absolute atomic E-state index is 0.132. The maximum atomic E-state index is 12.3. The van der Waals surface area contributed by atoms with Gasteiger partial charge in [-0.05, 0) is 12.1 Å². The average Bonchev–Trinajstić information content (AvgIpc) is 2.76. The molecule has 0 aliphatic heterocycles. The zero-order valence-electron chi connectivity index (χ0n) is 17.7. The summed E-state index contributed by atoms with van der Waals surface area (Å²) >= 11 is 1.02. The van der Waals surface area contributed by atoms with Gasteiger partial charge in [0, 0.05) is 32.2 Å². The molecule has 1 rings (SSSR count). The van der Waals surface area contributed by atoms with Crippen molar-refractivity contribution in [2.45, 2.75) is 4.90 Å². The first-order valence-electron chi connectivity index (χ1n) is 9.39. The zero-order chi connectivity index (χ0) is 23.8. The molecule has 0 atom stereocenters. The first-order valence-corrected chi connectivity index (χ1v) is 10.4. The summed E-state index contributed by atoms with van der Waals surface area (Å²) in [6, 6.07) is 4.92. The number of methoxy groups -OCH3 is 2. The molecule has 32 heavy (non-hydrogen) atoms. The molecule has 0 heterocycles. The number of ether oxygens (including phenoxy) is 3. The number of carbonyl (C=O) groups excluding carboxylic acids is 5. The molecule has 0 bridgehead atoms. The average molecular weight is 471 g/mol. The second-order valence-electron chi connectivity index (χ2n) is 5.95. The normalized spacial score (nSPS) is 10.1. The molecule has 0 aliphatic carbocycles. The lowest BCUT2D eigenvalue weighted by Gasteiger charge is -2.10. The van der Waals surface area contributed by atoms with Crippen LogP contribution in [-0.2, 0) is 23.8 Å². The van der Waals surface area contributed by atoms with E-state index in [1.165, 1.54) is 20.3 Å². The Hall–Kier alpha value is -3.16. The lowest BCUT2D eigenvalue weighted by molar-refractivity contribution is -0.123. The van der Waals surface area contributed by atoms with E-state index in [1.54, 1.807) is 18.2 Å². The van der Waals surface area contributed by atoms with Crippen LogP contribution in [0.5, 0.6) is 0 Å². The lowest BCUT2D eigenvalue weighted by atomic mass is 10.2. The predicted molar refractivity (Wildman–Crippen MR) is 114 cm³/mol. The van der Waals surface area contributed by atoms with Gasteiger partial charge in [-0.1, -0.05) is 12.1 Å². The van der Waals surface area contributed by atoms with Gasteiger partial charge < -0.3 is 24.8 Å². The number of esters is 1. The fraction of sp³-hybridized carbons (Fsp3) is 0.421. The Kier molecular flexibility index (Phi) is 13.1. The van der Waals surface area contributed by atoms with E-state index in [0.717, 1.165) is 11.8 Å². The van der Waals surface area contributed by atoms with E-state index in [4.69, 9.17) is 14.2 Å². The molecule has 0 saturated heterocycles. The lowest BCUT2D eigenvalue weighted by Crippen LogP contribution is -2.42. The Morgan fingerprint density at radius 1 is 0.844 bits per heavy atom. The predicted octanol–water partition coefficient (Wildman–Crippen LogP) is -0.120. The number of carbonyl (C=O) groups is 5. The van der Waals surface area contributed by atoms with Gasteiger partial charge in [0.1, 0.15) is 0 Å². The third-order valence-corrected chi connectivity index (χ3v) is 4.56. The van der Waals surface area contributed by atoms with Crippen molar-refractivity contribution in [1.29, 1.82) is 0 Å². The van der Waals surface area contributed by atoms with Crippen LogP contribution < -0.4 is 21.3 Å². The summed E-state index contributed by atoms with van der Waals surface area (Å²) in [4.78, 5) is 59.4. The standard InChI is InChI=1S/C19H26N4O8S/c1-29-9-7-20-18(27)22-15(24)11-31-17(26)13-5-3-4-6-14(13)32-12-16(25)23-19(28)21-8-10-30-2/h3-6H,7-12H2,1-2H3,(H2,20,22,24,27)(H2,21,23,25,28). The number of urea groups is 2. The van der Waals surface area contributed by atoms with Crippen LogP contribution in [-0.4, -0.2) is 82.7 Å². The van der Waals surface area contributed by atoms with E-state index in [1.807, 2.05) is 5.32 Å². The molecule has 12 nitrogen and oxygen atoms in total. The van der Waals surface area contributed by atoms with E-state index in [-0.39, 0.29) is 31.0 Å². The Labute approximate surface area is 189 Å². The maximum Gasteiger partial charge on any atom is 0.339 e. The third-order valence-electron chi connectivity index (χ3n) is 3.49. The van der Waals surface area contributed by atoms with Gasteiger partial charge in [0.05, 0.1) is 24.5 Å².